The first-order chi connectivity index (χ1) is 16.4. The second kappa shape index (κ2) is 8.86. The van der Waals surface area contributed by atoms with Crippen LogP contribution in [0.2, 0.25) is 0 Å². The Bertz CT molecular complexity index is 1340. The van der Waals surface area contributed by atoms with E-state index in [1.54, 1.807) is 41.7 Å². The summed E-state index contributed by atoms with van der Waals surface area (Å²) >= 11 is 1.14. The molecule has 2 atom stereocenters. The van der Waals surface area contributed by atoms with Crippen molar-refractivity contribution in [1.82, 2.24) is 9.62 Å². The third-order valence-electron chi connectivity index (χ3n) is 6.18. The van der Waals surface area contributed by atoms with E-state index in [1.165, 1.54) is 0 Å². The maximum Gasteiger partial charge on any atom is 0.256 e. The molecule has 10 heteroatoms. The molecule has 2 N–H and O–H groups in total. The molecule has 2 amide bonds. The third kappa shape index (κ3) is 4.20. The van der Waals surface area contributed by atoms with Gasteiger partial charge in [0.2, 0.25) is 15.9 Å². The lowest BCUT2D eigenvalue weighted by Gasteiger charge is -2.37. The van der Waals surface area contributed by atoms with E-state index in [2.05, 4.69) is 10.0 Å². The number of amides is 2. The number of nitrogens with zero attached hydrogens (tertiary/aromatic N) is 1. The number of thiophene rings is 1. The van der Waals surface area contributed by atoms with E-state index in [0.29, 0.717) is 17.7 Å². The Morgan fingerprint density at radius 1 is 1.09 bits per heavy atom. The molecule has 0 unspecified atom stereocenters. The second-order valence-electron chi connectivity index (χ2n) is 8.27. The maximum atomic E-state index is 13.5. The summed E-state index contributed by atoms with van der Waals surface area (Å²) in [5, 5.41) is 4.56. The summed E-state index contributed by atoms with van der Waals surface area (Å²) in [4.78, 5) is 28.0. The van der Waals surface area contributed by atoms with E-state index < -0.39 is 22.1 Å². The Labute approximate surface area is 201 Å². The van der Waals surface area contributed by atoms with E-state index in [0.717, 1.165) is 28.2 Å². The lowest BCUT2D eigenvalue weighted by molar-refractivity contribution is -0.121. The van der Waals surface area contributed by atoms with Crippen LogP contribution in [0.5, 0.6) is 5.75 Å². The average Bonchev–Trinajstić information content (AvgIpc) is 3.37. The Morgan fingerprint density at radius 3 is 2.56 bits per heavy atom. The molecule has 2 aromatic carbocycles. The fraction of sp³-hybridized carbons (Fsp3) is 0.250. The van der Waals surface area contributed by atoms with Crippen LogP contribution in [-0.4, -0.2) is 50.9 Å². The molecule has 34 heavy (non-hydrogen) atoms. The van der Waals surface area contributed by atoms with E-state index in [-0.39, 0.29) is 29.0 Å². The van der Waals surface area contributed by atoms with E-state index in [4.69, 9.17) is 4.74 Å². The third-order valence-corrected chi connectivity index (χ3v) is 9.10. The minimum absolute atomic E-state index is 0.210. The normalized spacial score (nSPS) is 20.2. The molecule has 2 aliphatic heterocycles. The number of nitrogens with one attached hydrogen (secondary N) is 2. The van der Waals surface area contributed by atoms with Crippen molar-refractivity contribution >= 4 is 38.9 Å². The summed E-state index contributed by atoms with van der Waals surface area (Å²) in [5.74, 6) is 0.180. The zero-order valence-corrected chi connectivity index (χ0v) is 20.0. The highest BCUT2D eigenvalue weighted by Gasteiger charge is 2.41. The molecule has 0 aliphatic carbocycles. The summed E-state index contributed by atoms with van der Waals surface area (Å²) in [6.07, 6.45) is 0.634. The van der Waals surface area contributed by atoms with Crippen LogP contribution in [0.15, 0.2) is 64.2 Å². The molecule has 3 aromatic rings. The molecule has 0 spiro atoms. The van der Waals surface area contributed by atoms with Crippen LogP contribution in [-0.2, 0) is 14.8 Å². The van der Waals surface area contributed by atoms with Gasteiger partial charge in [-0.05, 0) is 59.7 Å². The molecule has 8 nitrogen and oxygen atoms in total. The van der Waals surface area contributed by atoms with Gasteiger partial charge in [0, 0.05) is 12.6 Å². The number of sulfonamides is 1. The highest BCUT2D eigenvalue weighted by molar-refractivity contribution is 7.91. The van der Waals surface area contributed by atoms with Gasteiger partial charge in [0.1, 0.15) is 16.0 Å². The van der Waals surface area contributed by atoms with Crippen LogP contribution in [0.1, 0.15) is 23.2 Å². The van der Waals surface area contributed by atoms with Gasteiger partial charge in [-0.3, -0.25) is 9.59 Å². The van der Waals surface area contributed by atoms with Crippen LogP contribution in [0.25, 0.3) is 11.1 Å². The standard InChI is InChI=1S/C24H23N3O5S2/c1-32-18-7-4-15(5-8-18)16-6-9-20-19(13-16)24(29)27-11-10-17(14-21(27)23(28)25-20)26-34(30,31)22-3-2-12-33-22/h2-9,12-13,17,21,26H,10-11,14H2,1H3,(H,25,28)/t17-,21-/m0/s1. The predicted octanol–water partition coefficient (Wildman–Crippen LogP) is 3.33. The van der Waals surface area contributed by atoms with Crippen LogP contribution in [0, 0.1) is 0 Å². The van der Waals surface area contributed by atoms with Gasteiger partial charge in [-0.2, -0.15) is 0 Å². The highest BCUT2D eigenvalue weighted by Crippen LogP contribution is 2.32. The monoisotopic (exact) mass is 497 g/mol. The number of hydrogen-bond donors (Lipinski definition) is 2. The quantitative estimate of drug-likeness (QED) is 0.563. The molecule has 176 valence electrons. The van der Waals surface area contributed by atoms with Gasteiger partial charge in [0.25, 0.3) is 5.91 Å². The van der Waals surface area contributed by atoms with Crippen molar-refractivity contribution < 1.29 is 22.7 Å². The van der Waals surface area contributed by atoms with Gasteiger partial charge in [-0.25, -0.2) is 13.1 Å². The summed E-state index contributed by atoms with van der Waals surface area (Å²) in [7, 11) is -2.06. The highest BCUT2D eigenvalue weighted by atomic mass is 32.2. The van der Waals surface area contributed by atoms with E-state index in [9.17, 15) is 18.0 Å². The van der Waals surface area contributed by atoms with Crippen molar-refractivity contribution in [2.75, 3.05) is 19.0 Å². The molecule has 5 rings (SSSR count). The van der Waals surface area contributed by atoms with Gasteiger partial charge in [-0.15, -0.1) is 11.3 Å². The van der Waals surface area contributed by atoms with Gasteiger partial charge >= 0.3 is 0 Å². The molecule has 2 aliphatic rings. The molecule has 1 aromatic heterocycles. The largest absolute Gasteiger partial charge is 0.497 e. The van der Waals surface area contributed by atoms with Crippen LogP contribution < -0.4 is 14.8 Å². The van der Waals surface area contributed by atoms with Gasteiger partial charge in [-0.1, -0.05) is 24.3 Å². The molecular formula is C24H23N3O5S2. The SMILES string of the molecule is COc1ccc(-c2ccc3c(c2)C(=O)N2CC[C@H](NS(=O)(=O)c4cccs4)C[C@H]2C(=O)N3)cc1. The number of carbonyl (C=O) groups is 2. The van der Waals surface area contributed by atoms with Crippen LogP contribution in [0.4, 0.5) is 5.69 Å². The Kier molecular flexibility index (Phi) is 5.88. The number of rotatable bonds is 5. The first-order valence-corrected chi connectivity index (χ1v) is 13.2. The lowest BCUT2D eigenvalue weighted by Crippen LogP contribution is -2.54. The Morgan fingerprint density at radius 2 is 1.85 bits per heavy atom. The van der Waals surface area contributed by atoms with Crippen molar-refractivity contribution in [2.24, 2.45) is 0 Å². The summed E-state index contributed by atoms with van der Waals surface area (Å²) in [6.45, 7) is 0.279. The molecule has 0 radical (unpaired) electrons. The number of piperidine rings is 1. The van der Waals surface area contributed by atoms with E-state index >= 15 is 0 Å². The number of benzene rings is 2. The van der Waals surface area contributed by atoms with Crippen molar-refractivity contribution in [3.8, 4) is 16.9 Å². The molecule has 0 saturated carbocycles. The number of carbonyl (C=O) groups excluding carboxylic acids is 2. The minimum atomic E-state index is -3.67. The number of ether oxygens (including phenoxy) is 1. The number of fused-ring (bicyclic) bond motifs is 2. The second-order valence-corrected chi connectivity index (χ2v) is 11.2. The number of anilines is 1. The molecule has 1 fully saturated rings. The minimum Gasteiger partial charge on any atom is -0.497 e. The number of hydrogen-bond acceptors (Lipinski definition) is 6. The van der Waals surface area contributed by atoms with Crippen molar-refractivity contribution in [3.05, 3.63) is 65.5 Å². The lowest BCUT2D eigenvalue weighted by atomic mass is 9.96. The predicted molar refractivity (Wildman–Crippen MR) is 130 cm³/mol. The first-order valence-electron chi connectivity index (χ1n) is 10.8. The van der Waals surface area contributed by atoms with Gasteiger partial charge < -0.3 is 15.0 Å². The maximum absolute atomic E-state index is 13.5. The fourth-order valence-corrected chi connectivity index (χ4v) is 6.71. The first kappa shape index (κ1) is 22.6. The fourth-order valence-electron chi connectivity index (χ4n) is 4.42. The summed E-state index contributed by atoms with van der Waals surface area (Å²) in [6, 6.07) is 14.9. The van der Waals surface area contributed by atoms with Gasteiger partial charge in [0.15, 0.2) is 0 Å². The molecule has 0 bridgehead atoms. The Hall–Kier alpha value is -3.21. The smallest absolute Gasteiger partial charge is 0.256 e. The molecule has 1 saturated heterocycles. The Balaban J connectivity index is 1.39. The number of methoxy groups -OCH3 is 1. The topological polar surface area (TPSA) is 105 Å². The molecular weight excluding hydrogens is 474 g/mol. The zero-order chi connectivity index (χ0) is 23.9. The van der Waals surface area contributed by atoms with Crippen molar-refractivity contribution in [1.29, 1.82) is 0 Å². The average molecular weight is 498 g/mol. The summed E-state index contributed by atoms with van der Waals surface area (Å²) in [5.41, 5.74) is 2.64. The van der Waals surface area contributed by atoms with Crippen LogP contribution >= 0.6 is 11.3 Å². The van der Waals surface area contributed by atoms with Gasteiger partial charge in [0.05, 0.1) is 18.4 Å². The van der Waals surface area contributed by atoms with Crippen molar-refractivity contribution in [2.45, 2.75) is 29.1 Å². The summed E-state index contributed by atoms with van der Waals surface area (Å²) < 4.78 is 33.4. The zero-order valence-electron chi connectivity index (χ0n) is 18.4. The van der Waals surface area contributed by atoms with Crippen LogP contribution in [0.3, 0.4) is 0 Å². The van der Waals surface area contributed by atoms with Crippen molar-refractivity contribution in [3.63, 3.8) is 0 Å². The van der Waals surface area contributed by atoms with E-state index in [1.807, 2.05) is 30.3 Å². The molecule has 3 heterocycles.